The molecule has 2 heteroatoms. The molecule has 0 heterocycles. The molecule has 0 unspecified atom stereocenters. The van der Waals surface area contributed by atoms with Crippen molar-refractivity contribution in [2.75, 3.05) is 0 Å². The van der Waals surface area contributed by atoms with Crippen LogP contribution < -0.4 is 0 Å². The minimum atomic E-state index is 0.00439. The average Bonchev–Trinajstić information content (AvgIpc) is 2.66. The van der Waals surface area contributed by atoms with Gasteiger partial charge in [-0.15, -0.1) is 0 Å². The highest BCUT2D eigenvalue weighted by Gasteiger charge is 2.05. The van der Waals surface area contributed by atoms with E-state index in [-0.39, 0.29) is 5.78 Å². The minimum Gasteiger partial charge on any atom is -0.289 e. The van der Waals surface area contributed by atoms with Crippen LogP contribution in [0.5, 0.6) is 0 Å². The molecule has 0 aromatic heterocycles. The summed E-state index contributed by atoms with van der Waals surface area (Å²) in [6.07, 6.45) is 3.57. The van der Waals surface area contributed by atoms with Crippen molar-refractivity contribution in [2.24, 2.45) is 0 Å². The van der Waals surface area contributed by atoms with Gasteiger partial charge in [0, 0.05) is 10.0 Å². The van der Waals surface area contributed by atoms with Gasteiger partial charge in [-0.05, 0) is 63.5 Å². The molecule has 0 amide bonds. The molecule has 0 N–H and O–H groups in total. The molecular weight excluding hydrogens is 372 g/mol. The molecule has 0 saturated heterocycles. The third-order valence-electron chi connectivity index (χ3n) is 4.34. The van der Waals surface area contributed by atoms with Gasteiger partial charge in [0.25, 0.3) is 0 Å². The summed E-state index contributed by atoms with van der Waals surface area (Å²) in [6.45, 7) is 0. The van der Waals surface area contributed by atoms with E-state index >= 15 is 0 Å². The van der Waals surface area contributed by atoms with Gasteiger partial charge < -0.3 is 0 Å². The number of rotatable bonds is 3. The van der Waals surface area contributed by atoms with Crippen LogP contribution in [0.15, 0.2) is 89.4 Å². The Kier molecular flexibility index (Phi) is 4.21. The number of allylic oxidation sites excluding steroid dienone is 1. The number of halogens is 1. The van der Waals surface area contributed by atoms with Crippen LogP contribution in [0.4, 0.5) is 0 Å². The van der Waals surface area contributed by atoms with Crippen molar-refractivity contribution in [1.82, 2.24) is 0 Å². The lowest BCUT2D eigenvalue weighted by Crippen LogP contribution is -1.93. The maximum atomic E-state index is 12.4. The Morgan fingerprint density at radius 3 is 2.16 bits per heavy atom. The first kappa shape index (κ1) is 15.8. The molecule has 0 radical (unpaired) electrons. The molecule has 0 aliphatic carbocycles. The highest BCUT2D eigenvalue weighted by Crippen LogP contribution is 2.29. The van der Waals surface area contributed by atoms with Gasteiger partial charge in [-0.3, -0.25) is 4.79 Å². The normalized spacial score (nSPS) is 11.4. The van der Waals surface area contributed by atoms with Crippen molar-refractivity contribution >= 4 is 49.3 Å². The summed E-state index contributed by atoms with van der Waals surface area (Å²) >= 11 is 3.39. The third-order valence-corrected chi connectivity index (χ3v) is 4.87. The van der Waals surface area contributed by atoms with E-state index in [2.05, 4.69) is 58.4 Å². The van der Waals surface area contributed by atoms with E-state index in [4.69, 9.17) is 0 Å². The summed E-state index contributed by atoms with van der Waals surface area (Å²) in [5, 5.41) is 4.77. The lowest BCUT2D eigenvalue weighted by atomic mass is 9.96. The molecule has 4 aromatic carbocycles. The Hall–Kier alpha value is -2.71. The summed E-state index contributed by atoms with van der Waals surface area (Å²) in [6, 6.07) is 26.2. The van der Waals surface area contributed by atoms with Crippen LogP contribution in [0.3, 0.4) is 0 Å². The lowest BCUT2D eigenvalue weighted by Gasteiger charge is -2.07. The van der Waals surface area contributed by atoms with Gasteiger partial charge in [0.2, 0.25) is 0 Å². The van der Waals surface area contributed by atoms with Crippen LogP contribution in [0.1, 0.15) is 15.9 Å². The van der Waals surface area contributed by atoms with Crippen LogP contribution >= 0.6 is 15.9 Å². The van der Waals surface area contributed by atoms with Gasteiger partial charge in [-0.2, -0.15) is 0 Å². The maximum Gasteiger partial charge on any atom is 0.185 e. The zero-order chi connectivity index (χ0) is 17.2. The van der Waals surface area contributed by atoms with Gasteiger partial charge in [0.1, 0.15) is 0 Å². The van der Waals surface area contributed by atoms with Crippen molar-refractivity contribution in [3.05, 3.63) is 101 Å². The topological polar surface area (TPSA) is 17.1 Å². The second-order valence-electron chi connectivity index (χ2n) is 5.94. The number of ketones is 1. The maximum absolute atomic E-state index is 12.4. The molecule has 0 spiro atoms. The molecular formula is C23H15BrO. The number of carbonyl (C=O) groups excluding carboxylic acids is 1. The lowest BCUT2D eigenvalue weighted by molar-refractivity contribution is 0.104. The van der Waals surface area contributed by atoms with Crippen LogP contribution in [0, 0.1) is 0 Å². The van der Waals surface area contributed by atoms with Crippen LogP contribution in [-0.4, -0.2) is 5.78 Å². The van der Waals surface area contributed by atoms with Crippen LogP contribution in [0.25, 0.3) is 27.6 Å². The van der Waals surface area contributed by atoms with Gasteiger partial charge in [0.15, 0.2) is 5.78 Å². The Labute approximate surface area is 154 Å². The van der Waals surface area contributed by atoms with Gasteiger partial charge in [-0.1, -0.05) is 70.5 Å². The summed E-state index contributed by atoms with van der Waals surface area (Å²) in [4.78, 5) is 12.4. The van der Waals surface area contributed by atoms with E-state index in [1.54, 1.807) is 6.08 Å². The molecule has 4 rings (SSSR count). The van der Waals surface area contributed by atoms with Crippen molar-refractivity contribution < 1.29 is 4.79 Å². The Morgan fingerprint density at radius 1 is 0.760 bits per heavy atom. The summed E-state index contributed by atoms with van der Waals surface area (Å²) in [7, 11) is 0. The molecule has 25 heavy (non-hydrogen) atoms. The van der Waals surface area contributed by atoms with E-state index in [1.165, 1.54) is 16.2 Å². The first-order valence-electron chi connectivity index (χ1n) is 8.11. The molecule has 0 bridgehead atoms. The monoisotopic (exact) mass is 386 g/mol. The van der Waals surface area contributed by atoms with Gasteiger partial charge in [-0.25, -0.2) is 0 Å². The molecule has 4 aromatic rings. The fourth-order valence-corrected chi connectivity index (χ4v) is 3.36. The highest BCUT2D eigenvalue weighted by molar-refractivity contribution is 9.10. The fraction of sp³-hybridized carbons (Fsp3) is 0. The Bertz CT molecular complexity index is 1110. The van der Waals surface area contributed by atoms with E-state index in [0.717, 1.165) is 15.4 Å². The van der Waals surface area contributed by atoms with E-state index < -0.39 is 0 Å². The quantitative estimate of drug-likeness (QED) is 0.218. The second kappa shape index (κ2) is 6.66. The standard InChI is InChI=1S/C23H15BrO/c24-19-12-9-16(10-13-19)23(25)14-11-18-15-17-5-1-2-6-20(17)22-8-4-3-7-21(18)22/h1-15H/b14-11+. The van der Waals surface area contributed by atoms with E-state index in [1.807, 2.05) is 42.5 Å². The predicted molar refractivity (Wildman–Crippen MR) is 109 cm³/mol. The molecule has 0 aliphatic heterocycles. The first-order chi connectivity index (χ1) is 12.2. The van der Waals surface area contributed by atoms with Crippen molar-refractivity contribution in [1.29, 1.82) is 0 Å². The Balaban J connectivity index is 1.80. The van der Waals surface area contributed by atoms with Crippen molar-refractivity contribution in [2.45, 2.75) is 0 Å². The highest BCUT2D eigenvalue weighted by atomic mass is 79.9. The zero-order valence-electron chi connectivity index (χ0n) is 13.4. The Morgan fingerprint density at radius 2 is 1.40 bits per heavy atom. The van der Waals surface area contributed by atoms with Gasteiger partial charge >= 0.3 is 0 Å². The molecule has 0 aliphatic rings. The van der Waals surface area contributed by atoms with Crippen molar-refractivity contribution in [3.8, 4) is 0 Å². The number of fused-ring (bicyclic) bond motifs is 3. The molecule has 0 atom stereocenters. The van der Waals surface area contributed by atoms with Crippen LogP contribution in [-0.2, 0) is 0 Å². The number of hydrogen-bond acceptors (Lipinski definition) is 1. The third kappa shape index (κ3) is 3.13. The predicted octanol–water partition coefficient (Wildman–Crippen LogP) is 6.65. The number of hydrogen-bond donors (Lipinski definition) is 0. The minimum absolute atomic E-state index is 0.00439. The molecule has 0 fully saturated rings. The second-order valence-corrected chi connectivity index (χ2v) is 6.85. The van der Waals surface area contributed by atoms with E-state index in [9.17, 15) is 4.79 Å². The smallest absolute Gasteiger partial charge is 0.185 e. The summed E-state index contributed by atoms with van der Waals surface area (Å²) in [5.74, 6) is 0.00439. The SMILES string of the molecule is O=C(/C=C/c1cc2ccccc2c2ccccc12)c1ccc(Br)cc1. The number of carbonyl (C=O) groups is 1. The van der Waals surface area contributed by atoms with Crippen LogP contribution in [0.2, 0.25) is 0 Å². The number of benzene rings is 4. The summed E-state index contributed by atoms with van der Waals surface area (Å²) < 4.78 is 0.966. The zero-order valence-corrected chi connectivity index (χ0v) is 15.0. The molecule has 1 nitrogen and oxygen atoms in total. The van der Waals surface area contributed by atoms with Gasteiger partial charge in [0.05, 0.1) is 0 Å². The molecule has 120 valence electrons. The summed E-state index contributed by atoms with van der Waals surface area (Å²) in [5.41, 5.74) is 1.74. The first-order valence-corrected chi connectivity index (χ1v) is 8.90. The van der Waals surface area contributed by atoms with Crippen molar-refractivity contribution in [3.63, 3.8) is 0 Å². The average molecular weight is 387 g/mol. The van der Waals surface area contributed by atoms with E-state index in [0.29, 0.717) is 5.56 Å². The molecule has 0 saturated carbocycles. The fourth-order valence-electron chi connectivity index (χ4n) is 3.10. The largest absolute Gasteiger partial charge is 0.289 e.